The fourth-order valence-electron chi connectivity index (χ4n) is 2.58. The highest BCUT2D eigenvalue weighted by Crippen LogP contribution is 2.33. The molecule has 0 saturated heterocycles. The van der Waals surface area contributed by atoms with Crippen LogP contribution in [0.15, 0.2) is 59.6 Å². The highest BCUT2D eigenvalue weighted by molar-refractivity contribution is 8.14. The summed E-state index contributed by atoms with van der Waals surface area (Å²) in [6.07, 6.45) is 0. The van der Waals surface area contributed by atoms with Crippen molar-refractivity contribution in [3.8, 4) is 0 Å². The Morgan fingerprint density at radius 1 is 1.05 bits per heavy atom. The summed E-state index contributed by atoms with van der Waals surface area (Å²) >= 11 is 1.84. The van der Waals surface area contributed by atoms with E-state index in [0.717, 1.165) is 12.3 Å². The van der Waals surface area contributed by atoms with Crippen LogP contribution in [-0.2, 0) is 0 Å². The van der Waals surface area contributed by atoms with Crippen LogP contribution in [0.25, 0.3) is 0 Å². The van der Waals surface area contributed by atoms with Crippen molar-refractivity contribution in [2.75, 3.05) is 12.3 Å². The molecule has 19 heavy (non-hydrogen) atoms. The quantitative estimate of drug-likeness (QED) is 0.789. The van der Waals surface area contributed by atoms with Gasteiger partial charge < -0.3 is 0 Å². The molecule has 2 aromatic carbocycles. The lowest BCUT2D eigenvalue weighted by molar-refractivity contribution is 0.807. The van der Waals surface area contributed by atoms with Crippen molar-refractivity contribution in [1.82, 2.24) is 0 Å². The molecule has 3 rings (SSSR count). The van der Waals surface area contributed by atoms with E-state index >= 15 is 0 Å². The third-order valence-electron chi connectivity index (χ3n) is 3.47. The first-order valence-electron chi connectivity index (χ1n) is 6.71. The van der Waals surface area contributed by atoms with Gasteiger partial charge in [-0.1, -0.05) is 61.5 Å². The lowest BCUT2D eigenvalue weighted by Gasteiger charge is -2.24. The lowest BCUT2D eigenvalue weighted by Crippen LogP contribution is -2.16. The summed E-state index contributed by atoms with van der Waals surface area (Å²) in [5.41, 5.74) is 4.09. The third kappa shape index (κ3) is 2.45. The van der Waals surface area contributed by atoms with Crippen molar-refractivity contribution in [1.29, 1.82) is 0 Å². The van der Waals surface area contributed by atoms with E-state index in [-0.39, 0.29) is 0 Å². The second-order valence-corrected chi connectivity index (χ2v) is 5.88. The largest absolute Gasteiger partial charge is 0.277 e. The van der Waals surface area contributed by atoms with Gasteiger partial charge in [-0.3, -0.25) is 4.99 Å². The molecule has 96 valence electrons. The molecule has 0 aromatic heterocycles. The molecule has 0 spiro atoms. The molecule has 1 unspecified atom stereocenters. The summed E-state index contributed by atoms with van der Waals surface area (Å²) in [5.74, 6) is 1.47. The second kappa shape index (κ2) is 5.62. The van der Waals surface area contributed by atoms with Gasteiger partial charge in [-0.15, -0.1) is 11.8 Å². The molecule has 1 atom stereocenters. The van der Waals surface area contributed by atoms with Crippen LogP contribution in [0.5, 0.6) is 0 Å². The van der Waals surface area contributed by atoms with Crippen LogP contribution in [0, 0.1) is 0 Å². The van der Waals surface area contributed by atoms with Crippen LogP contribution < -0.4 is 0 Å². The number of nitrogens with zero attached hydrogens (tertiary/aromatic N) is 1. The van der Waals surface area contributed by atoms with Crippen molar-refractivity contribution in [3.05, 3.63) is 71.3 Å². The van der Waals surface area contributed by atoms with Crippen LogP contribution in [0.2, 0.25) is 0 Å². The van der Waals surface area contributed by atoms with Crippen molar-refractivity contribution < 1.29 is 0 Å². The standard InChI is InChI=1S/C17H17NS/c1-2-19-17-15-11-7-6-10-14(15)16(12-18-17)13-8-4-3-5-9-13/h3-11,16H,2,12H2,1H3. The Morgan fingerprint density at radius 2 is 1.79 bits per heavy atom. The Balaban J connectivity index is 2.04. The number of aliphatic imine (C=N–C) groups is 1. The van der Waals surface area contributed by atoms with Gasteiger partial charge in [0.25, 0.3) is 0 Å². The Morgan fingerprint density at radius 3 is 2.58 bits per heavy atom. The molecular weight excluding hydrogens is 250 g/mol. The van der Waals surface area contributed by atoms with Crippen molar-refractivity contribution >= 4 is 16.8 Å². The molecule has 0 fully saturated rings. The molecule has 1 aliphatic heterocycles. The number of hydrogen-bond acceptors (Lipinski definition) is 2. The maximum atomic E-state index is 4.80. The van der Waals surface area contributed by atoms with Gasteiger partial charge in [-0.2, -0.15) is 0 Å². The summed E-state index contributed by atoms with van der Waals surface area (Å²) in [7, 11) is 0. The van der Waals surface area contributed by atoms with Crippen LogP contribution in [0.3, 0.4) is 0 Å². The highest BCUT2D eigenvalue weighted by Gasteiger charge is 2.23. The average molecular weight is 267 g/mol. The number of fused-ring (bicyclic) bond motifs is 1. The van der Waals surface area contributed by atoms with Crippen molar-refractivity contribution in [2.24, 2.45) is 4.99 Å². The van der Waals surface area contributed by atoms with E-state index in [1.165, 1.54) is 21.7 Å². The van der Waals surface area contributed by atoms with E-state index in [0.29, 0.717) is 5.92 Å². The zero-order valence-electron chi connectivity index (χ0n) is 11.0. The summed E-state index contributed by atoms with van der Waals surface area (Å²) in [4.78, 5) is 4.80. The maximum absolute atomic E-state index is 4.80. The summed E-state index contributed by atoms with van der Waals surface area (Å²) < 4.78 is 0. The van der Waals surface area contributed by atoms with E-state index < -0.39 is 0 Å². The summed E-state index contributed by atoms with van der Waals surface area (Å²) in [5, 5.41) is 1.20. The fraction of sp³-hybridized carbons (Fsp3) is 0.235. The van der Waals surface area contributed by atoms with E-state index in [9.17, 15) is 0 Å². The van der Waals surface area contributed by atoms with Crippen LogP contribution in [-0.4, -0.2) is 17.3 Å². The first-order valence-corrected chi connectivity index (χ1v) is 7.70. The van der Waals surface area contributed by atoms with Crippen molar-refractivity contribution in [3.63, 3.8) is 0 Å². The zero-order valence-corrected chi connectivity index (χ0v) is 11.9. The zero-order chi connectivity index (χ0) is 13.1. The Bertz CT molecular complexity index is 589. The van der Waals surface area contributed by atoms with Gasteiger partial charge in [0, 0.05) is 11.5 Å². The molecule has 1 aliphatic rings. The van der Waals surface area contributed by atoms with Crippen molar-refractivity contribution in [2.45, 2.75) is 12.8 Å². The molecule has 0 radical (unpaired) electrons. The third-order valence-corrected chi connectivity index (χ3v) is 4.38. The van der Waals surface area contributed by atoms with E-state index in [4.69, 9.17) is 4.99 Å². The second-order valence-electron chi connectivity index (χ2n) is 4.63. The van der Waals surface area contributed by atoms with Gasteiger partial charge in [0.15, 0.2) is 0 Å². The molecule has 0 amide bonds. The first kappa shape index (κ1) is 12.5. The molecule has 2 heteroatoms. The molecule has 0 saturated carbocycles. The topological polar surface area (TPSA) is 12.4 Å². The number of thioether (sulfide) groups is 1. The van der Waals surface area contributed by atoms with Gasteiger partial charge in [0.1, 0.15) is 0 Å². The predicted molar refractivity (Wildman–Crippen MR) is 84.3 cm³/mol. The Labute approximate surface area is 118 Å². The smallest absolute Gasteiger partial charge is 0.0980 e. The summed E-state index contributed by atoms with van der Waals surface area (Å²) in [6.45, 7) is 3.04. The SMILES string of the molecule is CCSC1=NCC(c2ccccc2)c2ccccc21. The fourth-order valence-corrected chi connectivity index (χ4v) is 3.36. The highest BCUT2D eigenvalue weighted by atomic mass is 32.2. The Kier molecular flexibility index (Phi) is 3.69. The number of rotatable bonds is 2. The van der Waals surface area contributed by atoms with Gasteiger partial charge in [-0.25, -0.2) is 0 Å². The molecule has 1 heterocycles. The lowest BCUT2D eigenvalue weighted by atomic mass is 9.87. The van der Waals surface area contributed by atoms with Gasteiger partial charge in [0.05, 0.1) is 11.6 Å². The minimum Gasteiger partial charge on any atom is -0.277 e. The van der Waals surface area contributed by atoms with Gasteiger partial charge in [0.2, 0.25) is 0 Å². The first-order chi connectivity index (χ1) is 9.40. The maximum Gasteiger partial charge on any atom is 0.0980 e. The molecule has 0 aliphatic carbocycles. The summed E-state index contributed by atoms with van der Waals surface area (Å²) in [6, 6.07) is 19.4. The van der Waals surface area contributed by atoms with Crippen LogP contribution in [0.1, 0.15) is 29.5 Å². The average Bonchev–Trinajstić information content (AvgIpc) is 2.49. The monoisotopic (exact) mass is 267 g/mol. The van der Waals surface area contributed by atoms with Gasteiger partial charge in [-0.05, 0) is 16.9 Å². The van der Waals surface area contributed by atoms with Gasteiger partial charge >= 0.3 is 0 Å². The Hall–Kier alpha value is -1.54. The number of hydrogen-bond donors (Lipinski definition) is 0. The van der Waals surface area contributed by atoms with E-state index in [2.05, 4.69) is 61.5 Å². The molecular formula is C17H17NS. The van der Waals surface area contributed by atoms with E-state index in [1.807, 2.05) is 11.8 Å². The van der Waals surface area contributed by atoms with Crippen LogP contribution in [0.4, 0.5) is 0 Å². The minimum absolute atomic E-state index is 0.401. The van der Waals surface area contributed by atoms with Crippen LogP contribution >= 0.6 is 11.8 Å². The predicted octanol–water partition coefficient (Wildman–Crippen LogP) is 4.33. The molecule has 0 bridgehead atoms. The van der Waals surface area contributed by atoms with E-state index in [1.54, 1.807) is 0 Å². The number of benzene rings is 2. The molecule has 2 aromatic rings. The normalized spacial score (nSPS) is 17.7. The minimum atomic E-state index is 0.401. The molecule has 1 nitrogen and oxygen atoms in total. The molecule has 0 N–H and O–H groups in total.